The number of aromatic amines is 1. The van der Waals surface area contributed by atoms with Crippen LogP contribution in [0.15, 0.2) is 24.4 Å². The van der Waals surface area contributed by atoms with Crippen molar-refractivity contribution in [3.8, 4) is 0 Å². The molecule has 1 aromatic carbocycles. The lowest BCUT2D eigenvalue weighted by molar-refractivity contribution is 0.0957. The summed E-state index contributed by atoms with van der Waals surface area (Å²) in [5.74, 6) is 0.285. The third-order valence-corrected chi connectivity index (χ3v) is 5.82. The number of H-pyrrole nitrogens is 1. The van der Waals surface area contributed by atoms with Crippen LogP contribution in [0.4, 0.5) is 5.69 Å². The standard InChI is InChI=1S/C20H29N5O/c1-15-10-16(6-7-19(15)25-8-4-3-5-9-25)12-24-13-17(20(14-24)26-2)18-11-21-23-22-18/h6-7,10-11,17,20H,3-5,8-9,12-14H2,1-2H3,(H,21,22,23)/t17-,20+/m0/s1. The largest absolute Gasteiger partial charge is 0.379 e. The van der Waals surface area contributed by atoms with Gasteiger partial charge in [-0.05, 0) is 43.4 Å². The molecule has 3 heterocycles. The minimum absolute atomic E-state index is 0.175. The van der Waals surface area contributed by atoms with Crippen LogP contribution in [-0.2, 0) is 11.3 Å². The molecule has 2 saturated heterocycles. The van der Waals surface area contributed by atoms with Crippen molar-refractivity contribution in [2.24, 2.45) is 0 Å². The summed E-state index contributed by atoms with van der Waals surface area (Å²) in [7, 11) is 1.79. The van der Waals surface area contributed by atoms with Gasteiger partial charge >= 0.3 is 0 Å². The Labute approximate surface area is 155 Å². The van der Waals surface area contributed by atoms with Gasteiger partial charge < -0.3 is 9.64 Å². The van der Waals surface area contributed by atoms with Crippen molar-refractivity contribution >= 4 is 5.69 Å². The van der Waals surface area contributed by atoms with Crippen molar-refractivity contribution in [1.29, 1.82) is 0 Å². The highest BCUT2D eigenvalue weighted by molar-refractivity contribution is 5.54. The van der Waals surface area contributed by atoms with Crippen LogP contribution >= 0.6 is 0 Å². The van der Waals surface area contributed by atoms with Crippen LogP contribution in [0.1, 0.15) is 42.0 Å². The van der Waals surface area contributed by atoms with Crippen molar-refractivity contribution in [1.82, 2.24) is 20.3 Å². The fourth-order valence-electron chi connectivity index (χ4n) is 4.46. The molecule has 140 valence electrons. The van der Waals surface area contributed by atoms with Gasteiger partial charge in [0.2, 0.25) is 0 Å². The highest BCUT2D eigenvalue weighted by Gasteiger charge is 2.35. The lowest BCUT2D eigenvalue weighted by atomic mass is 10.0. The Balaban J connectivity index is 1.43. The van der Waals surface area contributed by atoms with Crippen LogP contribution in [-0.4, -0.2) is 59.7 Å². The maximum atomic E-state index is 5.71. The summed E-state index contributed by atoms with van der Waals surface area (Å²) in [6.45, 7) is 7.48. The van der Waals surface area contributed by atoms with Crippen molar-refractivity contribution in [3.05, 3.63) is 41.2 Å². The summed E-state index contributed by atoms with van der Waals surface area (Å²) in [6, 6.07) is 6.96. The van der Waals surface area contributed by atoms with E-state index in [9.17, 15) is 0 Å². The second-order valence-corrected chi connectivity index (χ2v) is 7.64. The van der Waals surface area contributed by atoms with E-state index in [2.05, 4.69) is 50.3 Å². The van der Waals surface area contributed by atoms with E-state index in [-0.39, 0.29) is 12.0 Å². The Morgan fingerprint density at radius 3 is 2.73 bits per heavy atom. The smallest absolute Gasteiger partial charge is 0.0894 e. The second kappa shape index (κ2) is 7.76. The Kier molecular flexibility index (Phi) is 5.22. The number of ether oxygens (including phenoxy) is 1. The fraction of sp³-hybridized carbons (Fsp3) is 0.600. The average molecular weight is 355 g/mol. The molecular weight excluding hydrogens is 326 g/mol. The van der Waals surface area contributed by atoms with E-state index in [1.165, 1.54) is 49.2 Å². The number of anilines is 1. The van der Waals surface area contributed by atoms with Crippen LogP contribution in [0.3, 0.4) is 0 Å². The molecule has 0 unspecified atom stereocenters. The van der Waals surface area contributed by atoms with Gasteiger partial charge in [-0.15, -0.1) is 0 Å². The molecule has 1 aromatic heterocycles. The van der Waals surface area contributed by atoms with E-state index in [0.717, 1.165) is 25.3 Å². The summed E-state index contributed by atoms with van der Waals surface area (Å²) in [5.41, 5.74) is 5.17. The highest BCUT2D eigenvalue weighted by Crippen LogP contribution is 2.30. The number of nitrogens with zero attached hydrogens (tertiary/aromatic N) is 4. The second-order valence-electron chi connectivity index (χ2n) is 7.64. The van der Waals surface area contributed by atoms with E-state index in [0.29, 0.717) is 0 Å². The van der Waals surface area contributed by atoms with Crippen molar-refractivity contribution in [2.75, 3.05) is 38.2 Å². The number of hydrogen-bond donors (Lipinski definition) is 1. The van der Waals surface area contributed by atoms with Crippen LogP contribution in [0, 0.1) is 6.92 Å². The molecule has 2 aliphatic rings. The molecule has 0 bridgehead atoms. The quantitative estimate of drug-likeness (QED) is 0.894. The van der Waals surface area contributed by atoms with Gasteiger partial charge in [0.05, 0.1) is 18.0 Å². The number of rotatable bonds is 5. The van der Waals surface area contributed by atoms with Gasteiger partial charge in [-0.25, -0.2) is 0 Å². The van der Waals surface area contributed by atoms with Gasteiger partial charge in [-0.2, -0.15) is 15.4 Å². The van der Waals surface area contributed by atoms with Crippen LogP contribution in [0.5, 0.6) is 0 Å². The van der Waals surface area contributed by atoms with E-state index in [1.54, 1.807) is 7.11 Å². The van der Waals surface area contributed by atoms with Crippen molar-refractivity contribution < 1.29 is 4.74 Å². The zero-order valence-electron chi connectivity index (χ0n) is 15.8. The summed E-state index contributed by atoms with van der Waals surface area (Å²) in [6.07, 6.45) is 6.00. The third-order valence-electron chi connectivity index (χ3n) is 5.82. The first-order valence-electron chi connectivity index (χ1n) is 9.70. The van der Waals surface area contributed by atoms with Gasteiger partial charge in [-0.1, -0.05) is 12.1 Å². The Morgan fingerprint density at radius 2 is 2.04 bits per heavy atom. The minimum Gasteiger partial charge on any atom is -0.379 e. The Hall–Kier alpha value is -1.92. The molecule has 4 rings (SSSR count). The number of likely N-dealkylation sites (tertiary alicyclic amines) is 1. The molecule has 0 aliphatic carbocycles. The van der Waals surface area contributed by atoms with Gasteiger partial charge in [0.1, 0.15) is 0 Å². The van der Waals surface area contributed by atoms with Crippen LogP contribution in [0.2, 0.25) is 0 Å². The maximum absolute atomic E-state index is 5.71. The summed E-state index contributed by atoms with van der Waals surface area (Å²) < 4.78 is 5.71. The Morgan fingerprint density at radius 1 is 1.19 bits per heavy atom. The number of nitrogens with one attached hydrogen (secondary N) is 1. The molecule has 6 nitrogen and oxygen atoms in total. The predicted molar refractivity (Wildman–Crippen MR) is 102 cm³/mol. The van der Waals surface area contributed by atoms with Crippen LogP contribution < -0.4 is 4.90 Å². The average Bonchev–Trinajstić information content (AvgIpc) is 3.32. The first kappa shape index (κ1) is 17.5. The van der Waals surface area contributed by atoms with Gasteiger partial charge in [0, 0.05) is 51.4 Å². The molecule has 1 N–H and O–H groups in total. The first-order chi connectivity index (χ1) is 12.7. The molecule has 2 aliphatic heterocycles. The molecule has 0 spiro atoms. The van der Waals surface area contributed by atoms with Crippen molar-refractivity contribution in [2.45, 2.75) is 44.8 Å². The van der Waals surface area contributed by atoms with E-state index in [4.69, 9.17) is 4.74 Å². The molecule has 0 radical (unpaired) electrons. The SMILES string of the molecule is CO[C@@H]1CN(Cc2ccc(N3CCCCC3)c(C)c2)C[C@H]1c1cn[nH]n1. The number of methoxy groups -OCH3 is 1. The topological polar surface area (TPSA) is 57.3 Å². The van der Waals surface area contributed by atoms with E-state index >= 15 is 0 Å². The zero-order chi connectivity index (χ0) is 17.9. The first-order valence-corrected chi connectivity index (χ1v) is 9.70. The number of aromatic nitrogens is 3. The van der Waals surface area contributed by atoms with Gasteiger partial charge in [-0.3, -0.25) is 4.90 Å². The lowest BCUT2D eigenvalue weighted by Crippen LogP contribution is -2.30. The fourth-order valence-corrected chi connectivity index (χ4v) is 4.46. The number of hydrogen-bond acceptors (Lipinski definition) is 5. The predicted octanol–water partition coefficient (Wildman–Crippen LogP) is 2.72. The van der Waals surface area contributed by atoms with Gasteiger partial charge in [0.25, 0.3) is 0 Å². The molecular formula is C20H29N5O. The van der Waals surface area contributed by atoms with Crippen LogP contribution in [0.25, 0.3) is 0 Å². The molecule has 26 heavy (non-hydrogen) atoms. The molecule has 2 aromatic rings. The molecule has 2 atom stereocenters. The lowest BCUT2D eigenvalue weighted by Gasteiger charge is -2.30. The zero-order valence-corrected chi connectivity index (χ0v) is 15.8. The summed E-state index contributed by atoms with van der Waals surface area (Å²) in [5, 5.41) is 10.9. The van der Waals surface area contributed by atoms with E-state index in [1.807, 2.05) is 6.20 Å². The maximum Gasteiger partial charge on any atom is 0.0894 e. The third kappa shape index (κ3) is 3.62. The monoisotopic (exact) mass is 355 g/mol. The normalized spacial score (nSPS) is 24.3. The number of benzene rings is 1. The van der Waals surface area contributed by atoms with E-state index < -0.39 is 0 Å². The summed E-state index contributed by atoms with van der Waals surface area (Å²) in [4.78, 5) is 5.00. The van der Waals surface area contributed by atoms with Crippen molar-refractivity contribution in [3.63, 3.8) is 0 Å². The highest BCUT2D eigenvalue weighted by atomic mass is 16.5. The van der Waals surface area contributed by atoms with Gasteiger partial charge in [0.15, 0.2) is 0 Å². The minimum atomic E-state index is 0.175. The number of aryl methyl sites for hydroxylation is 1. The Bertz CT molecular complexity index is 711. The number of piperidine rings is 1. The molecule has 0 amide bonds. The molecule has 0 saturated carbocycles. The summed E-state index contributed by atoms with van der Waals surface area (Å²) >= 11 is 0. The molecule has 6 heteroatoms. The molecule has 2 fully saturated rings.